The van der Waals surface area contributed by atoms with E-state index in [1.807, 2.05) is 11.8 Å². The Morgan fingerprint density at radius 2 is 1.81 bits per heavy atom. The van der Waals surface area contributed by atoms with Gasteiger partial charge in [0.05, 0.1) is 0 Å². The van der Waals surface area contributed by atoms with E-state index in [1.165, 1.54) is 55.4 Å². The zero-order valence-electron chi connectivity index (χ0n) is 13.1. The molecule has 114 valence electrons. The van der Waals surface area contributed by atoms with E-state index in [1.54, 1.807) is 5.57 Å². The maximum absolute atomic E-state index is 3.72. The quantitative estimate of drug-likeness (QED) is 0.732. The van der Waals surface area contributed by atoms with Gasteiger partial charge in [-0.2, -0.15) is 0 Å². The minimum Gasteiger partial charge on any atom is -0.310 e. The highest BCUT2D eigenvalue weighted by Gasteiger charge is 2.23. The van der Waals surface area contributed by atoms with Gasteiger partial charge >= 0.3 is 0 Å². The predicted molar refractivity (Wildman–Crippen MR) is 93.8 cm³/mol. The lowest BCUT2D eigenvalue weighted by molar-refractivity contribution is 0.396. The Kier molecular flexibility index (Phi) is 5.43. The highest BCUT2D eigenvalue weighted by atomic mass is 32.2. The van der Waals surface area contributed by atoms with Crippen LogP contribution in [-0.4, -0.2) is 18.8 Å². The second-order valence-electron chi connectivity index (χ2n) is 6.48. The van der Waals surface area contributed by atoms with E-state index in [9.17, 15) is 0 Å². The molecule has 2 fully saturated rings. The molecule has 2 aliphatic carbocycles. The summed E-state index contributed by atoms with van der Waals surface area (Å²) in [6.45, 7) is 1.10. The van der Waals surface area contributed by atoms with Crippen LogP contribution in [0.2, 0.25) is 0 Å². The van der Waals surface area contributed by atoms with Crippen molar-refractivity contribution in [3.05, 3.63) is 35.4 Å². The number of hydrogen-bond donors (Lipinski definition) is 1. The van der Waals surface area contributed by atoms with E-state index in [2.05, 4.69) is 41.9 Å². The Labute approximate surface area is 133 Å². The molecule has 2 saturated carbocycles. The molecule has 0 heterocycles. The lowest BCUT2D eigenvalue weighted by Crippen LogP contribution is -2.24. The van der Waals surface area contributed by atoms with Crippen LogP contribution in [0.25, 0.3) is 6.08 Å². The minimum absolute atomic E-state index is 0.802. The summed E-state index contributed by atoms with van der Waals surface area (Å²) in [5.74, 6) is 0.810. The van der Waals surface area contributed by atoms with Gasteiger partial charge in [0.1, 0.15) is 0 Å². The lowest BCUT2D eigenvalue weighted by Gasteiger charge is -2.25. The summed E-state index contributed by atoms with van der Waals surface area (Å²) in [6, 6.07) is 9.82. The average Bonchev–Trinajstić information content (AvgIpc) is 3.37. The molecular weight excluding hydrogens is 274 g/mol. The standard InChI is InChI=1S/C19H27NS/c1-21-19-11-7-15(8-12-19)13-17(14-20-18-9-10-18)16-5-3-2-4-6-16/h7-8,11-13,16,18,20H,2-6,9-10,14H2,1H3/b17-13-. The van der Waals surface area contributed by atoms with Crippen molar-refractivity contribution in [2.45, 2.75) is 55.9 Å². The Hall–Kier alpha value is -0.730. The molecule has 0 atom stereocenters. The molecule has 1 N–H and O–H groups in total. The smallest absolute Gasteiger partial charge is 0.0173 e. The number of thioether (sulfide) groups is 1. The van der Waals surface area contributed by atoms with Crippen molar-refractivity contribution in [2.24, 2.45) is 5.92 Å². The fraction of sp³-hybridized carbons (Fsp3) is 0.579. The molecule has 1 aromatic carbocycles. The normalized spacial score (nSPS) is 20.7. The molecular formula is C19H27NS. The first-order valence-electron chi connectivity index (χ1n) is 8.43. The van der Waals surface area contributed by atoms with Crippen molar-refractivity contribution in [2.75, 3.05) is 12.8 Å². The first kappa shape index (κ1) is 15.2. The van der Waals surface area contributed by atoms with Gasteiger partial charge in [-0.15, -0.1) is 11.8 Å². The molecule has 2 aliphatic rings. The van der Waals surface area contributed by atoms with Gasteiger partial charge in [-0.05, 0) is 55.6 Å². The van der Waals surface area contributed by atoms with E-state index < -0.39 is 0 Å². The molecule has 1 nitrogen and oxygen atoms in total. The highest BCUT2D eigenvalue weighted by molar-refractivity contribution is 7.98. The van der Waals surface area contributed by atoms with Gasteiger partial charge in [0.15, 0.2) is 0 Å². The third-order valence-corrected chi connectivity index (χ3v) is 5.51. The van der Waals surface area contributed by atoms with E-state index >= 15 is 0 Å². The zero-order chi connectivity index (χ0) is 14.5. The summed E-state index contributed by atoms with van der Waals surface area (Å²) < 4.78 is 0. The topological polar surface area (TPSA) is 12.0 Å². The van der Waals surface area contributed by atoms with Crippen LogP contribution in [-0.2, 0) is 0 Å². The van der Waals surface area contributed by atoms with Crippen molar-refractivity contribution >= 4 is 17.8 Å². The van der Waals surface area contributed by atoms with Crippen molar-refractivity contribution < 1.29 is 0 Å². The van der Waals surface area contributed by atoms with Crippen molar-refractivity contribution in [1.29, 1.82) is 0 Å². The summed E-state index contributed by atoms with van der Waals surface area (Å²) in [5, 5.41) is 3.72. The summed E-state index contributed by atoms with van der Waals surface area (Å²) >= 11 is 1.81. The maximum Gasteiger partial charge on any atom is 0.0173 e. The van der Waals surface area contributed by atoms with Gasteiger partial charge in [-0.1, -0.05) is 43.0 Å². The Bertz CT molecular complexity index is 467. The molecule has 1 aromatic rings. The Morgan fingerprint density at radius 1 is 1.10 bits per heavy atom. The van der Waals surface area contributed by atoms with Crippen LogP contribution in [0.15, 0.2) is 34.7 Å². The van der Waals surface area contributed by atoms with Crippen LogP contribution < -0.4 is 5.32 Å². The van der Waals surface area contributed by atoms with E-state index in [0.29, 0.717) is 0 Å². The van der Waals surface area contributed by atoms with Gasteiger partial charge in [0, 0.05) is 17.5 Å². The van der Waals surface area contributed by atoms with E-state index in [0.717, 1.165) is 18.5 Å². The minimum atomic E-state index is 0.802. The summed E-state index contributed by atoms with van der Waals surface area (Å²) in [5.41, 5.74) is 3.00. The Balaban J connectivity index is 1.72. The molecule has 0 spiro atoms. The van der Waals surface area contributed by atoms with Gasteiger partial charge in [0.25, 0.3) is 0 Å². The SMILES string of the molecule is CSc1ccc(/C=C(/CNC2CC2)C2CCCCC2)cc1. The molecule has 2 heteroatoms. The largest absolute Gasteiger partial charge is 0.310 e. The van der Waals surface area contributed by atoms with Gasteiger partial charge in [0.2, 0.25) is 0 Å². The monoisotopic (exact) mass is 301 g/mol. The Morgan fingerprint density at radius 3 is 2.43 bits per heavy atom. The van der Waals surface area contributed by atoms with E-state index in [-0.39, 0.29) is 0 Å². The predicted octanol–water partition coefficient (Wildman–Crippen LogP) is 5.12. The van der Waals surface area contributed by atoms with E-state index in [4.69, 9.17) is 0 Å². The fourth-order valence-electron chi connectivity index (χ4n) is 3.25. The molecule has 0 aliphatic heterocycles. The molecule has 21 heavy (non-hydrogen) atoms. The maximum atomic E-state index is 3.72. The molecule has 0 saturated heterocycles. The van der Waals surface area contributed by atoms with Crippen LogP contribution in [0.3, 0.4) is 0 Å². The summed E-state index contributed by atoms with van der Waals surface area (Å²) in [7, 11) is 0. The average molecular weight is 301 g/mol. The van der Waals surface area contributed by atoms with Crippen LogP contribution >= 0.6 is 11.8 Å². The summed E-state index contributed by atoms with van der Waals surface area (Å²) in [4.78, 5) is 1.35. The van der Waals surface area contributed by atoms with Crippen LogP contribution in [0.4, 0.5) is 0 Å². The van der Waals surface area contributed by atoms with Crippen molar-refractivity contribution in [3.8, 4) is 0 Å². The number of benzene rings is 1. The second kappa shape index (κ2) is 7.51. The third kappa shape index (κ3) is 4.62. The lowest BCUT2D eigenvalue weighted by atomic mass is 9.83. The van der Waals surface area contributed by atoms with Gasteiger partial charge < -0.3 is 5.32 Å². The summed E-state index contributed by atoms with van der Waals surface area (Å²) in [6.07, 6.45) is 14.4. The van der Waals surface area contributed by atoms with Crippen molar-refractivity contribution in [3.63, 3.8) is 0 Å². The third-order valence-electron chi connectivity index (χ3n) is 4.77. The highest BCUT2D eigenvalue weighted by Crippen LogP contribution is 2.31. The zero-order valence-corrected chi connectivity index (χ0v) is 13.9. The van der Waals surface area contributed by atoms with Crippen LogP contribution in [0.1, 0.15) is 50.5 Å². The van der Waals surface area contributed by atoms with Crippen LogP contribution in [0.5, 0.6) is 0 Å². The first-order valence-corrected chi connectivity index (χ1v) is 9.65. The molecule has 0 amide bonds. The number of nitrogens with one attached hydrogen (secondary N) is 1. The molecule has 0 radical (unpaired) electrons. The molecule has 0 bridgehead atoms. The van der Waals surface area contributed by atoms with Gasteiger partial charge in [-0.25, -0.2) is 0 Å². The number of hydrogen-bond acceptors (Lipinski definition) is 2. The number of rotatable bonds is 6. The van der Waals surface area contributed by atoms with Gasteiger partial charge in [-0.3, -0.25) is 0 Å². The molecule has 3 rings (SSSR count). The molecule has 0 aromatic heterocycles. The van der Waals surface area contributed by atoms with Crippen LogP contribution in [0, 0.1) is 5.92 Å². The first-order chi connectivity index (χ1) is 10.3. The fourth-order valence-corrected chi connectivity index (χ4v) is 3.66. The van der Waals surface area contributed by atoms with Crippen molar-refractivity contribution in [1.82, 2.24) is 5.32 Å². The molecule has 0 unspecified atom stereocenters. The second-order valence-corrected chi connectivity index (χ2v) is 7.36.